The van der Waals surface area contributed by atoms with Gasteiger partial charge < -0.3 is 19.7 Å². The Kier molecular flexibility index (Phi) is 7.79. The molecule has 0 atom stereocenters. The number of nitrogens with zero attached hydrogens (tertiary/aromatic N) is 2. The molecule has 1 aromatic carbocycles. The molecule has 1 aliphatic rings. The largest absolute Gasteiger partial charge is 0.497 e. The first-order chi connectivity index (χ1) is 13.4. The highest BCUT2D eigenvalue weighted by Gasteiger charge is 2.32. The van der Waals surface area contributed by atoms with Crippen molar-refractivity contribution in [3.05, 3.63) is 29.8 Å². The van der Waals surface area contributed by atoms with Gasteiger partial charge in [-0.2, -0.15) is 0 Å². The van der Waals surface area contributed by atoms with Gasteiger partial charge in [0.15, 0.2) is 6.61 Å². The Balaban J connectivity index is 1.57. The predicted octanol–water partition coefficient (Wildman–Crippen LogP) is 0.571. The van der Waals surface area contributed by atoms with Gasteiger partial charge in [-0.1, -0.05) is 12.1 Å². The lowest BCUT2D eigenvalue weighted by molar-refractivity contribution is -0.148. The third-order valence-electron chi connectivity index (χ3n) is 4.25. The first-order valence-corrected chi connectivity index (χ1v) is 9.01. The second-order valence-corrected chi connectivity index (χ2v) is 6.40. The van der Waals surface area contributed by atoms with Gasteiger partial charge in [0.2, 0.25) is 5.91 Å². The summed E-state index contributed by atoms with van der Waals surface area (Å²) in [5.74, 6) is -0.437. The Bertz CT molecular complexity index is 719. The number of esters is 1. The quantitative estimate of drug-likeness (QED) is 0.462. The van der Waals surface area contributed by atoms with Crippen LogP contribution in [0.15, 0.2) is 24.3 Å². The van der Waals surface area contributed by atoms with Crippen molar-refractivity contribution in [1.29, 1.82) is 0 Å². The van der Waals surface area contributed by atoms with Crippen molar-refractivity contribution in [2.24, 2.45) is 0 Å². The standard InChI is InChI=1S/C19H25N3O6/c1-21-12-17(24)22(19(21)26)11-3-4-18(25)28-13-16(23)20-10-9-14-5-7-15(27-2)8-6-14/h5-8H,3-4,9-13H2,1-2H3,(H,20,23). The van der Waals surface area contributed by atoms with E-state index < -0.39 is 5.97 Å². The van der Waals surface area contributed by atoms with Crippen molar-refractivity contribution in [3.63, 3.8) is 0 Å². The van der Waals surface area contributed by atoms with Crippen LogP contribution in [0.25, 0.3) is 0 Å². The molecule has 9 heteroatoms. The van der Waals surface area contributed by atoms with Gasteiger partial charge in [-0.25, -0.2) is 4.79 Å². The van der Waals surface area contributed by atoms with Gasteiger partial charge in [0.1, 0.15) is 12.3 Å². The molecule has 0 spiro atoms. The van der Waals surface area contributed by atoms with Crippen LogP contribution in [-0.2, 0) is 25.5 Å². The number of likely N-dealkylation sites (N-methyl/N-ethyl adjacent to an activating group) is 1. The Morgan fingerprint density at radius 3 is 2.50 bits per heavy atom. The molecule has 1 saturated heterocycles. The third kappa shape index (κ3) is 6.26. The third-order valence-corrected chi connectivity index (χ3v) is 4.25. The fraction of sp³-hybridized carbons (Fsp3) is 0.474. The predicted molar refractivity (Wildman–Crippen MR) is 99.6 cm³/mol. The first-order valence-electron chi connectivity index (χ1n) is 9.01. The normalized spacial score (nSPS) is 13.6. The van der Waals surface area contributed by atoms with Crippen LogP contribution in [0.2, 0.25) is 0 Å². The molecule has 0 aliphatic carbocycles. The Morgan fingerprint density at radius 1 is 1.18 bits per heavy atom. The minimum absolute atomic E-state index is 0.0277. The number of rotatable bonds is 10. The van der Waals surface area contributed by atoms with Gasteiger partial charge in [0, 0.05) is 26.6 Å². The van der Waals surface area contributed by atoms with Gasteiger partial charge in [-0.15, -0.1) is 0 Å². The maximum atomic E-state index is 11.7. The fourth-order valence-corrected chi connectivity index (χ4v) is 2.68. The lowest BCUT2D eigenvalue weighted by atomic mass is 10.1. The number of imide groups is 1. The molecular formula is C19H25N3O6. The highest BCUT2D eigenvalue weighted by atomic mass is 16.5. The number of methoxy groups -OCH3 is 1. The molecule has 0 radical (unpaired) electrons. The molecule has 9 nitrogen and oxygen atoms in total. The van der Waals surface area contributed by atoms with E-state index in [2.05, 4.69) is 5.32 Å². The van der Waals surface area contributed by atoms with E-state index >= 15 is 0 Å². The molecule has 28 heavy (non-hydrogen) atoms. The molecule has 1 heterocycles. The number of hydrogen-bond acceptors (Lipinski definition) is 6. The van der Waals surface area contributed by atoms with Crippen LogP contribution in [0.4, 0.5) is 4.79 Å². The van der Waals surface area contributed by atoms with E-state index in [9.17, 15) is 19.2 Å². The average Bonchev–Trinajstić information content (AvgIpc) is 2.93. The number of amides is 4. The van der Waals surface area contributed by atoms with Gasteiger partial charge in [0.05, 0.1) is 7.11 Å². The monoisotopic (exact) mass is 391 g/mol. The van der Waals surface area contributed by atoms with Gasteiger partial charge >= 0.3 is 12.0 Å². The molecule has 0 unspecified atom stereocenters. The topological polar surface area (TPSA) is 105 Å². The van der Waals surface area contributed by atoms with Crippen LogP contribution in [0, 0.1) is 0 Å². The van der Waals surface area contributed by atoms with Crippen molar-refractivity contribution < 1.29 is 28.7 Å². The molecule has 1 aromatic rings. The summed E-state index contributed by atoms with van der Waals surface area (Å²) in [5.41, 5.74) is 1.05. The van der Waals surface area contributed by atoms with E-state index in [4.69, 9.17) is 9.47 Å². The van der Waals surface area contributed by atoms with Crippen LogP contribution < -0.4 is 10.1 Å². The molecule has 1 fully saturated rings. The molecule has 1 aliphatic heterocycles. The molecule has 152 valence electrons. The zero-order valence-corrected chi connectivity index (χ0v) is 16.1. The van der Waals surface area contributed by atoms with Crippen molar-refractivity contribution in [2.75, 3.05) is 40.4 Å². The van der Waals surface area contributed by atoms with E-state index in [1.54, 1.807) is 14.2 Å². The summed E-state index contributed by atoms with van der Waals surface area (Å²) in [6.45, 7) is 0.284. The maximum Gasteiger partial charge on any atom is 0.326 e. The van der Waals surface area contributed by atoms with E-state index in [0.29, 0.717) is 19.4 Å². The van der Waals surface area contributed by atoms with Crippen LogP contribution in [0.3, 0.4) is 0 Å². The SMILES string of the molecule is COc1ccc(CCNC(=O)COC(=O)CCCN2C(=O)CN(C)C2=O)cc1. The zero-order valence-electron chi connectivity index (χ0n) is 16.1. The van der Waals surface area contributed by atoms with Crippen molar-refractivity contribution in [1.82, 2.24) is 15.1 Å². The Hall–Kier alpha value is -3.10. The average molecular weight is 391 g/mol. The minimum atomic E-state index is -0.544. The Labute approximate surface area is 163 Å². The second-order valence-electron chi connectivity index (χ2n) is 6.40. The minimum Gasteiger partial charge on any atom is -0.497 e. The van der Waals surface area contributed by atoms with Crippen LogP contribution in [-0.4, -0.2) is 74.0 Å². The summed E-state index contributed by atoms with van der Waals surface area (Å²) in [4.78, 5) is 49.2. The van der Waals surface area contributed by atoms with Crippen LogP contribution >= 0.6 is 0 Å². The molecule has 0 bridgehead atoms. The van der Waals surface area contributed by atoms with E-state index in [0.717, 1.165) is 16.2 Å². The number of carbonyl (C=O) groups is 4. The van der Waals surface area contributed by atoms with E-state index in [-0.39, 0.29) is 44.0 Å². The summed E-state index contributed by atoms with van der Waals surface area (Å²) >= 11 is 0. The summed E-state index contributed by atoms with van der Waals surface area (Å²) < 4.78 is 9.99. The maximum absolute atomic E-state index is 11.7. The summed E-state index contributed by atoms with van der Waals surface area (Å²) in [6.07, 6.45) is 0.971. The summed E-state index contributed by atoms with van der Waals surface area (Å²) in [6, 6.07) is 7.16. The van der Waals surface area contributed by atoms with Crippen LogP contribution in [0.5, 0.6) is 5.75 Å². The van der Waals surface area contributed by atoms with Crippen molar-refractivity contribution in [2.45, 2.75) is 19.3 Å². The van der Waals surface area contributed by atoms with Crippen molar-refractivity contribution >= 4 is 23.8 Å². The van der Waals surface area contributed by atoms with E-state index in [1.165, 1.54) is 4.90 Å². The smallest absolute Gasteiger partial charge is 0.326 e. The summed E-state index contributed by atoms with van der Waals surface area (Å²) in [7, 11) is 3.14. The fourth-order valence-electron chi connectivity index (χ4n) is 2.68. The molecular weight excluding hydrogens is 366 g/mol. The van der Waals surface area contributed by atoms with Crippen LogP contribution in [0.1, 0.15) is 18.4 Å². The van der Waals surface area contributed by atoms with Gasteiger partial charge in [-0.3, -0.25) is 19.3 Å². The number of urea groups is 1. The molecule has 1 N–H and O–H groups in total. The van der Waals surface area contributed by atoms with Crippen molar-refractivity contribution in [3.8, 4) is 5.75 Å². The highest BCUT2D eigenvalue weighted by Crippen LogP contribution is 2.11. The first kappa shape index (κ1) is 21.2. The number of carbonyl (C=O) groups excluding carboxylic acids is 4. The molecule has 0 aromatic heterocycles. The Morgan fingerprint density at radius 2 is 1.89 bits per heavy atom. The van der Waals surface area contributed by atoms with Gasteiger partial charge in [-0.05, 0) is 30.5 Å². The number of ether oxygens (including phenoxy) is 2. The lowest BCUT2D eigenvalue weighted by Gasteiger charge is -2.13. The lowest BCUT2D eigenvalue weighted by Crippen LogP contribution is -2.33. The molecule has 4 amide bonds. The zero-order chi connectivity index (χ0) is 20.5. The molecule has 0 saturated carbocycles. The molecule has 2 rings (SSSR count). The number of hydrogen-bond donors (Lipinski definition) is 1. The summed E-state index contributed by atoms with van der Waals surface area (Å²) in [5, 5.41) is 2.68. The van der Waals surface area contributed by atoms with Gasteiger partial charge in [0.25, 0.3) is 5.91 Å². The number of nitrogens with one attached hydrogen (secondary N) is 1. The highest BCUT2D eigenvalue weighted by molar-refractivity contribution is 6.01. The van der Waals surface area contributed by atoms with E-state index in [1.807, 2.05) is 24.3 Å². The number of benzene rings is 1. The second kappa shape index (κ2) is 10.3.